The molecule has 3 saturated carbocycles. The van der Waals surface area contributed by atoms with E-state index in [4.69, 9.17) is 0 Å². The van der Waals surface area contributed by atoms with Crippen LogP contribution in [0.25, 0.3) is 86.9 Å². The lowest BCUT2D eigenvalue weighted by molar-refractivity contribution is 0.425. The lowest BCUT2D eigenvalue weighted by Crippen LogP contribution is -2.34. The largest absolute Gasteiger partial charge is 0.488 e. The first-order valence-electron chi connectivity index (χ1n) is 25.8. The van der Waals surface area contributed by atoms with Gasteiger partial charge in [-0.25, -0.2) is 0 Å². The first-order valence-corrected chi connectivity index (χ1v) is 27.4. The van der Waals surface area contributed by atoms with Crippen LogP contribution in [0, 0.1) is 0 Å². The molecule has 0 saturated heterocycles. The molecule has 0 aromatic heterocycles. The van der Waals surface area contributed by atoms with E-state index >= 15 is 0 Å². The van der Waals surface area contributed by atoms with Crippen molar-refractivity contribution in [2.75, 3.05) is 0 Å². The Morgan fingerprint density at radius 2 is 0.676 bits per heavy atom. The smallest absolute Gasteiger partial charge is 0.423 e. The molecule has 6 bridgehead atoms. The van der Waals surface area contributed by atoms with E-state index in [0.29, 0.717) is 11.8 Å². The van der Waals surface area contributed by atoms with Crippen LogP contribution in [0.5, 0.6) is 0 Å². The minimum absolute atomic E-state index is 0. The van der Waals surface area contributed by atoms with E-state index in [1.807, 2.05) is 12.1 Å². The molecule has 0 heterocycles. The molecule has 6 atom stereocenters. The van der Waals surface area contributed by atoms with Gasteiger partial charge in [-0.15, -0.1) is 0 Å². The highest BCUT2D eigenvalue weighted by molar-refractivity contribution is 9.11. The molecule has 2 N–H and O–H groups in total. The molecule has 3 fully saturated rings. The predicted octanol–water partition coefficient (Wildman–Crippen LogP) is 18.1. The summed E-state index contributed by atoms with van der Waals surface area (Å²) in [5.74, 6) is 4.38. The van der Waals surface area contributed by atoms with E-state index in [0.717, 1.165) is 38.1 Å². The maximum atomic E-state index is 9.27. The van der Waals surface area contributed by atoms with E-state index < -0.39 is 7.12 Å². The SMILES string of the molecule is Brc1ccc2ccc3c(Br)ccc4ccc1c2c43.C.OB(O)c1cccc2c1C1CCC2C1.c1cc(-c2ccc3ccc4c(-c5cccc6c5C5CCC6C5)ccc5ccc2c3c54)c2c(c1)C1CCC2C1. The normalized spacial score (nSPS) is 21.7. The molecule has 6 aliphatic carbocycles. The highest BCUT2D eigenvalue weighted by Crippen LogP contribution is 2.58. The topological polar surface area (TPSA) is 40.5 Å². The van der Waals surface area contributed by atoms with E-state index in [9.17, 15) is 10.0 Å². The summed E-state index contributed by atoms with van der Waals surface area (Å²) < 4.78 is 2.31. The third-order valence-electron chi connectivity index (χ3n) is 18.4. The number of halogens is 2. The van der Waals surface area contributed by atoms with Crippen molar-refractivity contribution in [1.29, 1.82) is 0 Å². The average molecular weight is 1050 g/mol. The van der Waals surface area contributed by atoms with Crippen molar-refractivity contribution in [1.82, 2.24) is 0 Å². The quantitative estimate of drug-likeness (QED) is 0.137. The van der Waals surface area contributed by atoms with Crippen LogP contribution >= 0.6 is 31.9 Å². The van der Waals surface area contributed by atoms with Crippen molar-refractivity contribution in [3.63, 3.8) is 0 Å². The second-order valence-electron chi connectivity index (χ2n) is 21.6. The Morgan fingerprint density at radius 3 is 1.11 bits per heavy atom. The number of rotatable bonds is 3. The first-order chi connectivity index (χ1) is 34.4. The molecule has 71 heavy (non-hydrogen) atoms. The van der Waals surface area contributed by atoms with Gasteiger partial charge in [0.2, 0.25) is 0 Å². The Hall–Kier alpha value is -5.56. The molecule has 6 unspecified atom stereocenters. The summed E-state index contributed by atoms with van der Waals surface area (Å²) in [6.45, 7) is 0. The van der Waals surface area contributed by atoms with Crippen LogP contribution in [0.15, 0.2) is 161 Å². The number of hydrogen-bond donors (Lipinski definition) is 2. The fraction of sp³-hybridized carbons (Fsp3) is 0.242. The Morgan fingerprint density at radius 1 is 0.338 bits per heavy atom. The third kappa shape index (κ3) is 6.58. The van der Waals surface area contributed by atoms with Gasteiger partial charge in [-0.1, -0.05) is 179 Å². The fourth-order valence-corrected chi connectivity index (χ4v) is 16.4. The first kappa shape index (κ1) is 44.2. The van der Waals surface area contributed by atoms with Crippen molar-refractivity contribution in [2.24, 2.45) is 0 Å². The Bertz CT molecular complexity index is 3730. The van der Waals surface area contributed by atoms with Gasteiger partial charge in [0.15, 0.2) is 0 Å². The van der Waals surface area contributed by atoms with Crippen LogP contribution < -0.4 is 5.46 Å². The molecular formula is C66H55BBr2O2. The third-order valence-corrected chi connectivity index (χ3v) is 19.8. The van der Waals surface area contributed by atoms with Crippen LogP contribution in [0.1, 0.15) is 134 Å². The second-order valence-corrected chi connectivity index (χ2v) is 23.3. The zero-order chi connectivity index (χ0) is 46.5. The average Bonchev–Trinajstić information content (AvgIpc) is 4.30. The Labute approximate surface area is 433 Å². The number of hydrogen-bond acceptors (Lipinski definition) is 2. The van der Waals surface area contributed by atoms with Crippen LogP contribution in [0.3, 0.4) is 0 Å². The van der Waals surface area contributed by atoms with E-state index in [1.54, 1.807) is 22.3 Å². The number of benzene rings is 11. The van der Waals surface area contributed by atoms with Gasteiger partial charge >= 0.3 is 7.12 Å². The van der Waals surface area contributed by atoms with Gasteiger partial charge in [-0.3, -0.25) is 0 Å². The molecule has 6 aliphatic rings. The van der Waals surface area contributed by atoms with Crippen molar-refractivity contribution < 1.29 is 10.0 Å². The van der Waals surface area contributed by atoms with Gasteiger partial charge in [-0.05, 0) is 231 Å². The van der Waals surface area contributed by atoms with Gasteiger partial charge in [-0.2, -0.15) is 0 Å². The van der Waals surface area contributed by atoms with Crippen molar-refractivity contribution in [3.05, 3.63) is 194 Å². The Balaban J connectivity index is 0.000000118. The van der Waals surface area contributed by atoms with Crippen LogP contribution in [0.2, 0.25) is 0 Å². The van der Waals surface area contributed by atoms with Crippen LogP contribution in [-0.2, 0) is 0 Å². The summed E-state index contributed by atoms with van der Waals surface area (Å²) >= 11 is 7.30. The summed E-state index contributed by atoms with van der Waals surface area (Å²) in [7, 11) is -1.30. The zero-order valence-electron chi connectivity index (χ0n) is 39.0. The fourth-order valence-electron chi connectivity index (χ4n) is 15.5. The van der Waals surface area contributed by atoms with Gasteiger partial charge in [0.25, 0.3) is 0 Å². The molecule has 11 aromatic carbocycles. The molecule has 348 valence electrons. The molecule has 0 radical (unpaired) electrons. The highest BCUT2D eigenvalue weighted by Gasteiger charge is 2.41. The molecule has 5 heteroatoms. The van der Waals surface area contributed by atoms with E-state index in [2.05, 4.69) is 171 Å². The van der Waals surface area contributed by atoms with Gasteiger partial charge in [0.05, 0.1) is 0 Å². The molecule has 0 spiro atoms. The maximum Gasteiger partial charge on any atom is 0.488 e. The number of fused-ring (bicyclic) bond motifs is 15. The molecule has 0 amide bonds. The summed E-state index contributed by atoms with van der Waals surface area (Å²) in [5.41, 5.74) is 15.8. The predicted molar refractivity (Wildman–Crippen MR) is 308 cm³/mol. The van der Waals surface area contributed by atoms with Gasteiger partial charge in [0.1, 0.15) is 0 Å². The van der Waals surface area contributed by atoms with Crippen molar-refractivity contribution in [2.45, 2.75) is 101 Å². The lowest BCUT2D eigenvalue weighted by atomic mass is 9.72. The summed E-state index contributed by atoms with van der Waals surface area (Å²) in [6, 6.07) is 56.7. The molecule has 0 aliphatic heterocycles. The van der Waals surface area contributed by atoms with Crippen LogP contribution in [-0.4, -0.2) is 17.2 Å². The standard InChI is InChI=1S/C38H30.C16H8Br2.C11H13BO2.CH4/c1-3-27-23-7-9-25(19-23)35(27)31(5-1)29-15-11-21-14-18-34-30(16-12-22-13-17-33(29)37(21)38(22)34)32-6-2-4-28-24-8-10-26(20-24)36(28)32;17-13-8-4-10-2-6-12-14(18)7-3-9-1-5-11(13)16(10)15(9)12;13-12(14)10-3-1-2-9-7-4-5-8(6-7)11(9)10;/h1-6,11-18,23-26H,7-10,19-20H2;1-8H;1-3,7-8,13-14H,4-6H2;1H4. The molecule has 11 aromatic rings. The minimum atomic E-state index is -1.30. The summed E-state index contributed by atoms with van der Waals surface area (Å²) in [5, 5.41) is 34.9. The van der Waals surface area contributed by atoms with E-state index in [-0.39, 0.29) is 7.43 Å². The van der Waals surface area contributed by atoms with Crippen molar-refractivity contribution >= 4 is 109 Å². The van der Waals surface area contributed by atoms with Crippen LogP contribution in [0.4, 0.5) is 0 Å². The van der Waals surface area contributed by atoms with E-state index in [1.165, 1.54) is 156 Å². The zero-order valence-corrected chi connectivity index (χ0v) is 42.2. The summed E-state index contributed by atoms with van der Waals surface area (Å²) in [6.07, 6.45) is 12.0. The highest BCUT2D eigenvalue weighted by atomic mass is 79.9. The Kier molecular flexibility index (Phi) is 10.4. The second kappa shape index (κ2) is 16.8. The minimum Gasteiger partial charge on any atom is -0.423 e. The van der Waals surface area contributed by atoms with Crippen molar-refractivity contribution in [3.8, 4) is 22.3 Å². The van der Waals surface area contributed by atoms with Gasteiger partial charge in [0, 0.05) is 8.95 Å². The summed E-state index contributed by atoms with van der Waals surface area (Å²) in [4.78, 5) is 0. The maximum absolute atomic E-state index is 9.27. The lowest BCUT2D eigenvalue weighted by Gasteiger charge is -2.22. The van der Waals surface area contributed by atoms with Gasteiger partial charge < -0.3 is 10.0 Å². The monoisotopic (exact) mass is 1050 g/mol. The molecular weight excluding hydrogens is 995 g/mol. The molecule has 17 rings (SSSR count). The molecule has 2 nitrogen and oxygen atoms in total.